The van der Waals surface area contributed by atoms with Crippen LogP contribution in [-0.2, 0) is 6.42 Å². The summed E-state index contributed by atoms with van der Waals surface area (Å²) >= 11 is 1.80. The molecule has 13 heavy (non-hydrogen) atoms. The zero-order valence-electron chi connectivity index (χ0n) is 9.13. The fraction of sp³-hybridized carbons (Fsp3) is 0.500. The highest BCUT2D eigenvalue weighted by Crippen LogP contribution is 2.15. The number of benzene rings is 1. The van der Waals surface area contributed by atoms with E-state index in [1.54, 1.807) is 11.8 Å². The maximum atomic E-state index is 2.22. The minimum atomic E-state index is 1.20. The van der Waals surface area contributed by atoms with Crippen LogP contribution in [0.25, 0.3) is 0 Å². The number of rotatable bonds is 3. The third kappa shape index (κ3) is 4.99. The highest BCUT2D eigenvalue weighted by Gasteiger charge is 1.90. The number of thioether (sulfide) groups is 1. The molecule has 1 heteroatoms. The average molecular weight is 196 g/mol. The lowest BCUT2D eigenvalue weighted by atomic mass is 10.1. The fourth-order valence-electron chi connectivity index (χ4n) is 1.08. The molecule has 0 N–H and O–H groups in total. The van der Waals surface area contributed by atoms with Gasteiger partial charge in [0, 0.05) is 4.90 Å². The predicted octanol–water partition coefficient (Wildman–Crippen LogP) is 4.39. The van der Waals surface area contributed by atoms with Gasteiger partial charge in [0.25, 0.3) is 0 Å². The molecule has 1 aromatic rings. The second-order valence-corrected chi connectivity index (χ2v) is 3.48. The van der Waals surface area contributed by atoms with Gasteiger partial charge in [-0.05, 0) is 30.4 Å². The van der Waals surface area contributed by atoms with E-state index >= 15 is 0 Å². The summed E-state index contributed by atoms with van der Waals surface area (Å²) in [4.78, 5) is 1.35. The zero-order valence-corrected chi connectivity index (χ0v) is 9.95. The van der Waals surface area contributed by atoms with Gasteiger partial charge in [-0.3, -0.25) is 0 Å². The molecule has 0 radical (unpaired) electrons. The average Bonchev–Trinajstić information content (AvgIpc) is 2.23. The maximum absolute atomic E-state index is 2.22. The monoisotopic (exact) mass is 196 g/mol. The topological polar surface area (TPSA) is 0 Å². The van der Waals surface area contributed by atoms with Crippen LogP contribution in [0.1, 0.15) is 32.8 Å². The van der Waals surface area contributed by atoms with Crippen molar-refractivity contribution >= 4 is 11.8 Å². The lowest BCUT2D eigenvalue weighted by Crippen LogP contribution is -1.81. The van der Waals surface area contributed by atoms with Crippen molar-refractivity contribution in [2.45, 2.75) is 38.5 Å². The summed E-state index contributed by atoms with van der Waals surface area (Å²) in [6, 6.07) is 8.82. The summed E-state index contributed by atoms with van der Waals surface area (Å²) in [5.41, 5.74) is 1.45. The van der Waals surface area contributed by atoms with E-state index in [-0.39, 0.29) is 0 Å². The van der Waals surface area contributed by atoms with Crippen LogP contribution in [0.15, 0.2) is 29.2 Å². The Bertz CT molecular complexity index is 201. The third-order valence-corrected chi connectivity index (χ3v) is 2.44. The molecule has 74 valence electrons. The SMILES string of the molecule is CC.CCCc1ccc(SC)cc1. The minimum Gasteiger partial charge on any atom is -0.130 e. The Balaban J connectivity index is 0.000000671. The Morgan fingerprint density at radius 2 is 1.62 bits per heavy atom. The highest BCUT2D eigenvalue weighted by molar-refractivity contribution is 7.98. The van der Waals surface area contributed by atoms with Gasteiger partial charge in [-0.15, -0.1) is 11.8 Å². The summed E-state index contributed by atoms with van der Waals surface area (Å²) in [6.07, 6.45) is 4.54. The van der Waals surface area contributed by atoms with Gasteiger partial charge < -0.3 is 0 Å². The fourth-order valence-corrected chi connectivity index (χ4v) is 1.49. The smallest absolute Gasteiger partial charge is 0.00693 e. The molecule has 0 aliphatic carbocycles. The Hall–Kier alpha value is -0.430. The van der Waals surface area contributed by atoms with Crippen molar-refractivity contribution in [3.63, 3.8) is 0 Å². The Labute approximate surface area is 86.7 Å². The molecular formula is C12H20S. The molecule has 1 rings (SSSR count). The molecule has 0 amide bonds. The maximum Gasteiger partial charge on any atom is 0.00693 e. The Morgan fingerprint density at radius 1 is 1.08 bits per heavy atom. The highest BCUT2D eigenvalue weighted by atomic mass is 32.2. The summed E-state index contributed by atoms with van der Waals surface area (Å²) in [7, 11) is 0. The van der Waals surface area contributed by atoms with Crippen molar-refractivity contribution in [2.75, 3.05) is 6.26 Å². The van der Waals surface area contributed by atoms with Crippen LogP contribution >= 0.6 is 11.8 Å². The van der Waals surface area contributed by atoms with E-state index in [1.165, 1.54) is 23.3 Å². The largest absolute Gasteiger partial charge is 0.130 e. The van der Waals surface area contributed by atoms with Crippen LogP contribution in [0.3, 0.4) is 0 Å². The molecule has 0 spiro atoms. The van der Waals surface area contributed by atoms with Crippen LogP contribution in [0, 0.1) is 0 Å². The summed E-state index contributed by atoms with van der Waals surface area (Å²) < 4.78 is 0. The first-order valence-electron chi connectivity index (χ1n) is 4.99. The van der Waals surface area contributed by atoms with Crippen molar-refractivity contribution in [3.8, 4) is 0 Å². The third-order valence-electron chi connectivity index (χ3n) is 1.70. The quantitative estimate of drug-likeness (QED) is 0.646. The van der Waals surface area contributed by atoms with E-state index in [4.69, 9.17) is 0 Å². The standard InChI is InChI=1S/C10H14S.C2H6/c1-3-4-9-5-7-10(11-2)8-6-9;1-2/h5-8H,3-4H2,1-2H3;1-2H3. The Kier molecular flexibility index (Phi) is 7.91. The van der Waals surface area contributed by atoms with Crippen molar-refractivity contribution in [2.24, 2.45) is 0 Å². The number of hydrogen-bond acceptors (Lipinski definition) is 1. The molecular weight excluding hydrogens is 176 g/mol. The van der Waals surface area contributed by atoms with Crippen LogP contribution in [0.2, 0.25) is 0 Å². The molecule has 0 aromatic heterocycles. The predicted molar refractivity (Wildman–Crippen MR) is 63.6 cm³/mol. The van der Waals surface area contributed by atoms with Crippen molar-refractivity contribution in [3.05, 3.63) is 29.8 Å². The summed E-state index contributed by atoms with van der Waals surface area (Å²) in [6.45, 7) is 6.21. The van der Waals surface area contributed by atoms with E-state index in [1.807, 2.05) is 13.8 Å². The zero-order chi connectivity index (χ0) is 10.1. The second kappa shape index (κ2) is 8.18. The molecule has 0 saturated heterocycles. The van der Waals surface area contributed by atoms with E-state index in [2.05, 4.69) is 37.4 Å². The molecule has 0 atom stereocenters. The van der Waals surface area contributed by atoms with Crippen LogP contribution in [-0.4, -0.2) is 6.26 Å². The molecule has 0 heterocycles. The van der Waals surface area contributed by atoms with E-state index in [9.17, 15) is 0 Å². The molecule has 0 bridgehead atoms. The van der Waals surface area contributed by atoms with Crippen LogP contribution in [0.4, 0.5) is 0 Å². The molecule has 0 nitrogen and oxygen atoms in total. The molecule has 0 aliphatic heterocycles. The van der Waals surface area contributed by atoms with Gasteiger partial charge in [0.1, 0.15) is 0 Å². The Morgan fingerprint density at radius 3 is 2.00 bits per heavy atom. The van der Waals surface area contributed by atoms with Gasteiger partial charge in [0.05, 0.1) is 0 Å². The number of hydrogen-bond donors (Lipinski definition) is 0. The summed E-state index contributed by atoms with van der Waals surface area (Å²) in [5.74, 6) is 0. The van der Waals surface area contributed by atoms with Crippen molar-refractivity contribution in [1.29, 1.82) is 0 Å². The van der Waals surface area contributed by atoms with Crippen molar-refractivity contribution in [1.82, 2.24) is 0 Å². The lowest BCUT2D eigenvalue weighted by molar-refractivity contribution is 0.920. The minimum absolute atomic E-state index is 1.20. The molecule has 0 aliphatic rings. The van der Waals surface area contributed by atoms with Gasteiger partial charge in [0.15, 0.2) is 0 Å². The molecule has 0 saturated carbocycles. The van der Waals surface area contributed by atoms with Gasteiger partial charge in [-0.1, -0.05) is 39.3 Å². The van der Waals surface area contributed by atoms with Gasteiger partial charge >= 0.3 is 0 Å². The van der Waals surface area contributed by atoms with E-state index < -0.39 is 0 Å². The van der Waals surface area contributed by atoms with Gasteiger partial charge in [0.2, 0.25) is 0 Å². The van der Waals surface area contributed by atoms with Gasteiger partial charge in [-0.2, -0.15) is 0 Å². The first-order valence-corrected chi connectivity index (χ1v) is 6.22. The molecule has 1 aromatic carbocycles. The number of aryl methyl sites for hydroxylation is 1. The summed E-state index contributed by atoms with van der Waals surface area (Å²) in [5, 5.41) is 0. The normalized spacial score (nSPS) is 8.92. The van der Waals surface area contributed by atoms with Crippen LogP contribution < -0.4 is 0 Å². The van der Waals surface area contributed by atoms with Gasteiger partial charge in [-0.25, -0.2) is 0 Å². The molecule has 0 fully saturated rings. The molecule has 0 unspecified atom stereocenters. The first-order chi connectivity index (χ1) is 6.36. The van der Waals surface area contributed by atoms with Crippen molar-refractivity contribution < 1.29 is 0 Å². The van der Waals surface area contributed by atoms with E-state index in [0.717, 1.165) is 0 Å². The van der Waals surface area contributed by atoms with Crippen LogP contribution in [0.5, 0.6) is 0 Å². The lowest BCUT2D eigenvalue weighted by Gasteiger charge is -1.99. The first kappa shape index (κ1) is 12.6. The second-order valence-electron chi connectivity index (χ2n) is 2.60. The van der Waals surface area contributed by atoms with E-state index in [0.29, 0.717) is 0 Å².